The zero-order chi connectivity index (χ0) is 10.7. The molecule has 0 bridgehead atoms. The second kappa shape index (κ2) is 4.64. The summed E-state index contributed by atoms with van der Waals surface area (Å²) in [5.41, 5.74) is 2.18. The number of aromatic nitrogens is 1. The van der Waals surface area contributed by atoms with Crippen molar-refractivity contribution < 1.29 is 5.11 Å². The van der Waals surface area contributed by atoms with Crippen LogP contribution >= 0.6 is 15.9 Å². The fraction of sp³-hybridized carbons (Fsp3) is 0.167. The molecule has 1 heterocycles. The molecule has 0 aliphatic heterocycles. The lowest BCUT2D eigenvalue weighted by Gasteiger charge is -2.05. The largest absolute Gasteiger partial charge is 0.392 e. The van der Waals surface area contributed by atoms with Crippen molar-refractivity contribution in [1.29, 1.82) is 0 Å². The zero-order valence-corrected chi connectivity index (χ0v) is 9.81. The van der Waals surface area contributed by atoms with Crippen molar-refractivity contribution in [2.75, 3.05) is 0 Å². The van der Waals surface area contributed by atoms with E-state index in [0.717, 1.165) is 16.6 Å². The smallest absolute Gasteiger partial charge is 0.0696 e. The number of aliphatic hydroxyl groups excluding tert-OH is 1. The average molecular weight is 266 g/mol. The van der Waals surface area contributed by atoms with Crippen molar-refractivity contribution in [2.45, 2.75) is 13.2 Å². The number of hydrogen-bond donors (Lipinski definition) is 1. The fourth-order valence-electron chi connectivity index (χ4n) is 1.51. The van der Waals surface area contributed by atoms with Gasteiger partial charge in [0.25, 0.3) is 0 Å². The molecule has 0 saturated heterocycles. The van der Waals surface area contributed by atoms with Crippen molar-refractivity contribution in [1.82, 2.24) is 4.57 Å². The number of aliphatic hydroxyl groups is 1. The fourth-order valence-corrected chi connectivity index (χ4v) is 1.92. The average Bonchev–Trinajstić information content (AvgIpc) is 2.69. The van der Waals surface area contributed by atoms with Gasteiger partial charge in [-0.3, -0.25) is 0 Å². The Balaban J connectivity index is 2.18. The van der Waals surface area contributed by atoms with E-state index in [-0.39, 0.29) is 6.61 Å². The molecular weight excluding hydrogens is 254 g/mol. The highest BCUT2D eigenvalue weighted by Gasteiger charge is 2.00. The van der Waals surface area contributed by atoms with E-state index in [2.05, 4.69) is 26.6 Å². The molecule has 1 N–H and O–H groups in total. The number of halogens is 1. The van der Waals surface area contributed by atoms with Gasteiger partial charge in [0.15, 0.2) is 0 Å². The van der Waals surface area contributed by atoms with Crippen LogP contribution in [0.1, 0.15) is 11.1 Å². The van der Waals surface area contributed by atoms with Gasteiger partial charge in [-0.05, 0) is 23.3 Å². The normalized spacial score (nSPS) is 10.5. The Morgan fingerprint density at radius 1 is 1.20 bits per heavy atom. The summed E-state index contributed by atoms with van der Waals surface area (Å²) in [7, 11) is 0. The van der Waals surface area contributed by atoms with Crippen LogP contribution in [-0.2, 0) is 13.2 Å². The number of nitrogens with zero attached hydrogens (tertiary/aromatic N) is 1. The van der Waals surface area contributed by atoms with Gasteiger partial charge in [0, 0.05) is 23.4 Å². The van der Waals surface area contributed by atoms with Gasteiger partial charge in [-0.25, -0.2) is 0 Å². The number of benzene rings is 1. The van der Waals surface area contributed by atoms with E-state index in [0.29, 0.717) is 0 Å². The number of hydrogen-bond acceptors (Lipinski definition) is 1. The highest BCUT2D eigenvalue weighted by atomic mass is 79.9. The van der Waals surface area contributed by atoms with Crippen LogP contribution in [0.3, 0.4) is 0 Å². The van der Waals surface area contributed by atoms with Crippen LogP contribution in [0.2, 0.25) is 0 Å². The lowest BCUT2D eigenvalue weighted by molar-refractivity contribution is 0.282. The first-order valence-corrected chi connectivity index (χ1v) is 5.58. The third kappa shape index (κ3) is 2.49. The summed E-state index contributed by atoms with van der Waals surface area (Å²) >= 11 is 3.51. The van der Waals surface area contributed by atoms with Crippen LogP contribution in [0.15, 0.2) is 47.2 Å². The maximum Gasteiger partial charge on any atom is 0.0696 e. The molecule has 1 aromatic carbocycles. The van der Waals surface area contributed by atoms with Crippen molar-refractivity contribution in [3.05, 3.63) is 58.3 Å². The Hall–Kier alpha value is -1.06. The SMILES string of the molecule is OCc1ccn(Cc2ccccc2Br)c1. The van der Waals surface area contributed by atoms with E-state index in [9.17, 15) is 0 Å². The van der Waals surface area contributed by atoms with E-state index < -0.39 is 0 Å². The molecule has 0 fully saturated rings. The lowest BCUT2D eigenvalue weighted by atomic mass is 10.2. The molecule has 15 heavy (non-hydrogen) atoms. The van der Waals surface area contributed by atoms with Gasteiger partial charge in [-0.15, -0.1) is 0 Å². The monoisotopic (exact) mass is 265 g/mol. The Bertz CT molecular complexity index is 450. The highest BCUT2D eigenvalue weighted by molar-refractivity contribution is 9.10. The van der Waals surface area contributed by atoms with Crippen LogP contribution in [-0.4, -0.2) is 9.67 Å². The Morgan fingerprint density at radius 3 is 2.67 bits per heavy atom. The van der Waals surface area contributed by atoms with Crippen molar-refractivity contribution in [2.24, 2.45) is 0 Å². The summed E-state index contributed by atoms with van der Waals surface area (Å²) in [6.45, 7) is 0.921. The lowest BCUT2D eigenvalue weighted by Crippen LogP contribution is -1.96. The quantitative estimate of drug-likeness (QED) is 0.907. The van der Waals surface area contributed by atoms with E-state index in [1.807, 2.05) is 36.7 Å². The molecule has 3 heteroatoms. The minimum absolute atomic E-state index is 0.100. The van der Waals surface area contributed by atoms with Gasteiger partial charge in [-0.2, -0.15) is 0 Å². The third-order valence-electron chi connectivity index (χ3n) is 2.31. The van der Waals surface area contributed by atoms with E-state index in [1.54, 1.807) is 0 Å². The second-order valence-corrected chi connectivity index (χ2v) is 4.30. The molecule has 0 amide bonds. The minimum atomic E-state index is 0.100. The van der Waals surface area contributed by atoms with Gasteiger partial charge >= 0.3 is 0 Å². The minimum Gasteiger partial charge on any atom is -0.392 e. The van der Waals surface area contributed by atoms with Crippen LogP contribution < -0.4 is 0 Å². The van der Waals surface area contributed by atoms with Crippen molar-refractivity contribution in [3.8, 4) is 0 Å². The van der Waals surface area contributed by atoms with Crippen LogP contribution in [0, 0.1) is 0 Å². The Labute approximate surface area is 97.3 Å². The predicted octanol–water partition coefficient (Wildman–Crippen LogP) is 2.79. The van der Waals surface area contributed by atoms with Crippen molar-refractivity contribution >= 4 is 15.9 Å². The molecule has 0 saturated carbocycles. The van der Waals surface area contributed by atoms with E-state index in [1.165, 1.54) is 5.56 Å². The first kappa shape index (κ1) is 10.5. The molecule has 0 unspecified atom stereocenters. The third-order valence-corrected chi connectivity index (χ3v) is 3.08. The van der Waals surface area contributed by atoms with Crippen LogP contribution in [0.5, 0.6) is 0 Å². The van der Waals surface area contributed by atoms with Gasteiger partial charge in [-0.1, -0.05) is 34.1 Å². The van der Waals surface area contributed by atoms with Gasteiger partial charge in [0.1, 0.15) is 0 Å². The standard InChI is InChI=1S/C12H12BrNO/c13-12-4-2-1-3-11(12)8-14-6-5-10(7-14)9-15/h1-7,15H,8-9H2. The first-order valence-electron chi connectivity index (χ1n) is 4.78. The summed E-state index contributed by atoms with van der Waals surface area (Å²) in [6, 6.07) is 10.1. The summed E-state index contributed by atoms with van der Waals surface area (Å²) in [4.78, 5) is 0. The van der Waals surface area contributed by atoms with E-state index >= 15 is 0 Å². The molecule has 78 valence electrons. The predicted molar refractivity (Wildman–Crippen MR) is 63.6 cm³/mol. The molecule has 1 aromatic heterocycles. The summed E-state index contributed by atoms with van der Waals surface area (Å²) in [6.07, 6.45) is 3.93. The number of rotatable bonds is 3. The van der Waals surface area contributed by atoms with Gasteiger partial charge in [0.05, 0.1) is 6.61 Å². The molecule has 0 radical (unpaired) electrons. The second-order valence-electron chi connectivity index (χ2n) is 3.44. The molecule has 0 atom stereocenters. The molecular formula is C12H12BrNO. The van der Waals surface area contributed by atoms with Gasteiger partial charge in [0.2, 0.25) is 0 Å². The zero-order valence-electron chi connectivity index (χ0n) is 8.23. The van der Waals surface area contributed by atoms with E-state index in [4.69, 9.17) is 5.11 Å². The highest BCUT2D eigenvalue weighted by Crippen LogP contribution is 2.17. The van der Waals surface area contributed by atoms with Crippen molar-refractivity contribution in [3.63, 3.8) is 0 Å². The molecule has 0 spiro atoms. The maximum atomic E-state index is 8.95. The molecule has 0 aliphatic rings. The molecule has 2 rings (SSSR count). The molecule has 0 aliphatic carbocycles. The molecule has 2 nitrogen and oxygen atoms in total. The van der Waals surface area contributed by atoms with Gasteiger partial charge < -0.3 is 9.67 Å². The van der Waals surface area contributed by atoms with Crippen LogP contribution in [0.4, 0.5) is 0 Å². The molecule has 2 aromatic rings. The first-order chi connectivity index (χ1) is 7.29. The topological polar surface area (TPSA) is 25.2 Å². The summed E-state index contributed by atoms with van der Waals surface area (Å²) < 4.78 is 3.18. The summed E-state index contributed by atoms with van der Waals surface area (Å²) in [5, 5.41) is 8.95. The summed E-state index contributed by atoms with van der Waals surface area (Å²) in [5.74, 6) is 0. The van der Waals surface area contributed by atoms with Crippen LogP contribution in [0.25, 0.3) is 0 Å². The maximum absolute atomic E-state index is 8.95. The Morgan fingerprint density at radius 2 is 2.00 bits per heavy atom. The Kier molecular flexibility index (Phi) is 3.23.